The first-order valence-corrected chi connectivity index (χ1v) is 6.70. The van der Waals surface area contributed by atoms with Crippen LogP contribution in [0, 0.1) is 0 Å². The predicted molar refractivity (Wildman–Crippen MR) is 68.7 cm³/mol. The van der Waals surface area contributed by atoms with Crippen molar-refractivity contribution in [2.75, 3.05) is 26.2 Å². The van der Waals surface area contributed by atoms with Gasteiger partial charge in [-0.25, -0.2) is 0 Å². The summed E-state index contributed by atoms with van der Waals surface area (Å²) in [6, 6.07) is 0.617. The molecule has 0 aromatic rings. The third kappa shape index (κ3) is 5.28. The fraction of sp³-hybridized carbons (Fsp3) is 1.00. The lowest BCUT2D eigenvalue weighted by Gasteiger charge is -2.39. The van der Waals surface area contributed by atoms with Crippen molar-refractivity contribution in [1.29, 1.82) is 0 Å². The molecule has 1 fully saturated rings. The lowest BCUT2D eigenvalue weighted by atomic mass is 9.99. The van der Waals surface area contributed by atoms with E-state index in [0.717, 1.165) is 26.2 Å². The molecule has 0 aromatic heterocycles. The van der Waals surface area contributed by atoms with Crippen molar-refractivity contribution in [3.05, 3.63) is 0 Å². The summed E-state index contributed by atoms with van der Waals surface area (Å²) in [5, 5.41) is 13.4. The highest BCUT2D eigenvalue weighted by Crippen LogP contribution is 2.19. The number of aliphatic hydroxyl groups is 1. The predicted octanol–water partition coefficient (Wildman–Crippen LogP) is 1.61. The molecule has 1 rings (SSSR count). The van der Waals surface area contributed by atoms with Gasteiger partial charge < -0.3 is 10.4 Å². The average molecular weight is 228 g/mol. The number of likely N-dealkylation sites (tertiary alicyclic amines) is 1. The number of rotatable bonds is 6. The van der Waals surface area contributed by atoms with Gasteiger partial charge in [0.25, 0.3) is 0 Å². The fourth-order valence-corrected chi connectivity index (χ4v) is 2.44. The van der Waals surface area contributed by atoms with Crippen molar-refractivity contribution < 1.29 is 5.11 Å². The zero-order valence-electron chi connectivity index (χ0n) is 11.1. The molecule has 1 heterocycles. The average Bonchev–Trinajstić information content (AvgIpc) is 2.19. The molecular weight excluding hydrogens is 200 g/mol. The molecule has 1 unspecified atom stereocenters. The van der Waals surface area contributed by atoms with Gasteiger partial charge >= 0.3 is 0 Å². The van der Waals surface area contributed by atoms with E-state index < -0.39 is 5.60 Å². The Bertz CT molecular complexity index is 189. The van der Waals surface area contributed by atoms with E-state index in [-0.39, 0.29) is 0 Å². The first kappa shape index (κ1) is 13.9. The van der Waals surface area contributed by atoms with Gasteiger partial charge in [0.05, 0.1) is 5.60 Å². The van der Waals surface area contributed by atoms with Crippen molar-refractivity contribution in [1.82, 2.24) is 10.2 Å². The monoisotopic (exact) mass is 228 g/mol. The summed E-state index contributed by atoms with van der Waals surface area (Å²) in [5.74, 6) is 0. The Kier molecular flexibility index (Phi) is 5.73. The highest BCUT2D eigenvalue weighted by atomic mass is 16.3. The van der Waals surface area contributed by atoms with E-state index >= 15 is 0 Å². The maximum absolute atomic E-state index is 9.90. The second-order valence-corrected chi connectivity index (χ2v) is 5.64. The minimum Gasteiger partial charge on any atom is -0.389 e. The number of nitrogens with one attached hydrogen (secondary N) is 1. The number of nitrogens with zero attached hydrogens (tertiary/aromatic N) is 1. The Balaban J connectivity index is 2.37. The van der Waals surface area contributed by atoms with E-state index in [9.17, 15) is 5.11 Å². The highest BCUT2D eigenvalue weighted by molar-refractivity contribution is 4.83. The molecule has 3 heteroatoms. The van der Waals surface area contributed by atoms with Crippen LogP contribution < -0.4 is 5.32 Å². The molecule has 96 valence electrons. The van der Waals surface area contributed by atoms with E-state index in [1.165, 1.54) is 25.7 Å². The maximum Gasteiger partial charge on any atom is 0.0718 e. The molecule has 0 radical (unpaired) electrons. The van der Waals surface area contributed by atoms with Crippen molar-refractivity contribution in [3.63, 3.8) is 0 Å². The Labute approximate surface area is 100 Å². The molecule has 1 aliphatic rings. The summed E-state index contributed by atoms with van der Waals surface area (Å²) in [4.78, 5) is 2.45. The summed E-state index contributed by atoms with van der Waals surface area (Å²) in [5.41, 5.74) is -0.569. The molecule has 0 bridgehead atoms. The summed E-state index contributed by atoms with van der Waals surface area (Å²) in [6.07, 6.45) is 5.08. The standard InChI is InChI=1S/C13H28N2O/c1-4-8-14-10-12-7-5-6-9-15(12)11-13(2,3)16/h12,14,16H,4-11H2,1-3H3. The van der Waals surface area contributed by atoms with Crippen LogP contribution in [0.5, 0.6) is 0 Å². The normalized spacial score (nSPS) is 23.6. The topological polar surface area (TPSA) is 35.5 Å². The van der Waals surface area contributed by atoms with Gasteiger partial charge in [-0.05, 0) is 46.2 Å². The van der Waals surface area contributed by atoms with Crippen LogP contribution in [0.4, 0.5) is 0 Å². The molecule has 16 heavy (non-hydrogen) atoms. The van der Waals surface area contributed by atoms with Gasteiger partial charge in [-0.1, -0.05) is 13.3 Å². The van der Waals surface area contributed by atoms with Crippen molar-refractivity contribution in [3.8, 4) is 0 Å². The van der Waals surface area contributed by atoms with E-state index in [1.807, 2.05) is 13.8 Å². The van der Waals surface area contributed by atoms with Crippen molar-refractivity contribution in [2.24, 2.45) is 0 Å². The van der Waals surface area contributed by atoms with Crippen LogP contribution in [0.2, 0.25) is 0 Å². The molecule has 1 atom stereocenters. The van der Waals surface area contributed by atoms with Gasteiger partial charge in [0.1, 0.15) is 0 Å². The van der Waals surface area contributed by atoms with Gasteiger partial charge in [0, 0.05) is 19.1 Å². The van der Waals surface area contributed by atoms with Crippen LogP contribution >= 0.6 is 0 Å². The lowest BCUT2D eigenvalue weighted by Crippen LogP contribution is -2.50. The maximum atomic E-state index is 9.90. The van der Waals surface area contributed by atoms with Crippen LogP contribution in [0.15, 0.2) is 0 Å². The van der Waals surface area contributed by atoms with E-state index in [2.05, 4.69) is 17.1 Å². The molecule has 0 spiro atoms. The Morgan fingerprint density at radius 2 is 2.12 bits per heavy atom. The molecule has 0 aromatic carbocycles. The molecule has 1 aliphatic heterocycles. The fourth-order valence-electron chi connectivity index (χ4n) is 2.44. The van der Waals surface area contributed by atoms with Crippen LogP contribution in [-0.4, -0.2) is 47.8 Å². The Morgan fingerprint density at radius 1 is 1.38 bits per heavy atom. The Morgan fingerprint density at radius 3 is 2.75 bits per heavy atom. The molecule has 2 N–H and O–H groups in total. The summed E-state index contributed by atoms with van der Waals surface area (Å²) >= 11 is 0. The largest absolute Gasteiger partial charge is 0.389 e. The molecule has 1 saturated heterocycles. The van der Waals surface area contributed by atoms with E-state index in [1.54, 1.807) is 0 Å². The van der Waals surface area contributed by atoms with Crippen molar-refractivity contribution in [2.45, 2.75) is 58.1 Å². The number of β-amino-alcohol motifs (C(OH)–C–C–N with tert-alkyl or cyclic N) is 1. The van der Waals surface area contributed by atoms with E-state index in [0.29, 0.717) is 6.04 Å². The highest BCUT2D eigenvalue weighted by Gasteiger charge is 2.26. The summed E-state index contributed by atoms with van der Waals surface area (Å²) < 4.78 is 0. The van der Waals surface area contributed by atoms with Crippen molar-refractivity contribution >= 4 is 0 Å². The molecular formula is C13H28N2O. The summed E-state index contributed by atoms with van der Waals surface area (Å²) in [6.45, 7) is 10.1. The first-order chi connectivity index (χ1) is 7.53. The number of piperidine rings is 1. The van der Waals surface area contributed by atoms with Gasteiger partial charge in [-0.2, -0.15) is 0 Å². The quantitative estimate of drug-likeness (QED) is 0.678. The van der Waals surface area contributed by atoms with Crippen LogP contribution in [0.25, 0.3) is 0 Å². The number of hydrogen-bond acceptors (Lipinski definition) is 3. The zero-order valence-corrected chi connectivity index (χ0v) is 11.1. The third-order valence-corrected chi connectivity index (χ3v) is 3.15. The zero-order chi connectivity index (χ0) is 12.0. The second kappa shape index (κ2) is 6.58. The van der Waals surface area contributed by atoms with Crippen LogP contribution in [0.3, 0.4) is 0 Å². The van der Waals surface area contributed by atoms with E-state index in [4.69, 9.17) is 0 Å². The molecule has 0 aliphatic carbocycles. The van der Waals surface area contributed by atoms with Gasteiger partial charge in [-0.15, -0.1) is 0 Å². The van der Waals surface area contributed by atoms with Gasteiger partial charge in [-0.3, -0.25) is 4.90 Å². The lowest BCUT2D eigenvalue weighted by molar-refractivity contribution is 0.0101. The Hall–Kier alpha value is -0.120. The minimum atomic E-state index is -0.569. The number of hydrogen-bond donors (Lipinski definition) is 2. The summed E-state index contributed by atoms with van der Waals surface area (Å²) in [7, 11) is 0. The van der Waals surface area contributed by atoms with Gasteiger partial charge in [0.15, 0.2) is 0 Å². The smallest absolute Gasteiger partial charge is 0.0718 e. The van der Waals surface area contributed by atoms with Crippen LogP contribution in [0.1, 0.15) is 46.5 Å². The SMILES string of the molecule is CCCNCC1CCCCN1CC(C)(C)O. The minimum absolute atomic E-state index is 0.569. The first-order valence-electron chi connectivity index (χ1n) is 6.70. The molecule has 0 saturated carbocycles. The second-order valence-electron chi connectivity index (χ2n) is 5.64. The van der Waals surface area contributed by atoms with Gasteiger partial charge in [0.2, 0.25) is 0 Å². The third-order valence-electron chi connectivity index (χ3n) is 3.15. The molecule has 3 nitrogen and oxygen atoms in total. The molecule has 0 amide bonds. The van der Waals surface area contributed by atoms with Crippen LogP contribution in [-0.2, 0) is 0 Å².